The largest absolute Gasteiger partial charge is 0.334 e. The first kappa shape index (κ1) is 14.6. The molecular formula is C14H18N4OS. The van der Waals surface area contributed by atoms with Crippen molar-refractivity contribution in [3.05, 3.63) is 47.0 Å². The Morgan fingerprint density at radius 3 is 2.90 bits per heavy atom. The maximum Gasteiger partial charge on any atom is 0.254 e. The number of carbonyl (C=O) groups is 1. The lowest BCUT2D eigenvalue weighted by Crippen LogP contribution is -2.26. The molecule has 2 rings (SSSR count). The average Bonchev–Trinajstić information content (AvgIpc) is 2.84. The summed E-state index contributed by atoms with van der Waals surface area (Å²) in [5.41, 5.74) is 1.86. The molecule has 0 aliphatic rings. The van der Waals surface area contributed by atoms with Crippen LogP contribution < -0.4 is 0 Å². The van der Waals surface area contributed by atoms with Crippen LogP contribution in [0.1, 0.15) is 27.6 Å². The van der Waals surface area contributed by atoms with E-state index in [0.29, 0.717) is 17.9 Å². The van der Waals surface area contributed by atoms with Crippen molar-refractivity contribution in [1.82, 2.24) is 20.1 Å². The Labute approximate surface area is 122 Å². The van der Waals surface area contributed by atoms with Crippen molar-refractivity contribution < 1.29 is 4.79 Å². The standard InChI is InChI=1S/C14H18N4OS/c1-10-15-13(17-16-10)8-18(2)14(19)12-6-4-5-11(7-12)9-20-3/h4-7H,8-9H2,1-3H3,(H,15,16,17). The van der Waals surface area contributed by atoms with Crippen molar-refractivity contribution in [3.8, 4) is 0 Å². The zero-order valence-corrected chi connectivity index (χ0v) is 12.7. The molecule has 0 fully saturated rings. The normalized spacial score (nSPS) is 10.6. The predicted molar refractivity (Wildman–Crippen MR) is 80.6 cm³/mol. The first-order chi connectivity index (χ1) is 9.60. The number of aromatic nitrogens is 3. The van der Waals surface area contributed by atoms with Crippen molar-refractivity contribution >= 4 is 17.7 Å². The maximum absolute atomic E-state index is 12.4. The highest BCUT2D eigenvalue weighted by atomic mass is 32.2. The number of rotatable bonds is 5. The molecule has 1 N–H and O–H groups in total. The zero-order valence-electron chi connectivity index (χ0n) is 11.9. The Morgan fingerprint density at radius 1 is 1.45 bits per heavy atom. The highest BCUT2D eigenvalue weighted by Gasteiger charge is 2.14. The molecule has 0 unspecified atom stereocenters. The summed E-state index contributed by atoms with van der Waals surface area (Å²) in [5.74, 6) is 2.27. The molecule has 0 saturated heterocycles. The maximum atomic E-state index is 12.4. The third kappa shape index (κ3) is 3.60. The topological polar surface area (TPSA) is 61.9 Å². The average molecular weight is 290 g/mol. The molecule has 0 saturated carbocycles. The summed E-state index contributed by atoms with van der Waals surface area (Å²) < 4.78 is 0. The van der Waals surface area contributed by atoms with Gasteiger partial charge < -0.3 is 4.90 Å². The predicted octanol–water partition coefficient (Wildman–Crippen LogP) is 2.25. The number of aryl methyl sites for hydroxylation is 1. The fourth-order valence-electron chi connectivity index (χ4n) is 1.92. The van der Waals surface area contributed by atoms with E-state index in [9.17, 15) is 4.79 Å². The van der Waals surface area contributed by atoms with Crippen molar-refractivity contribution in [2.24, 2.45) is 0 Å². The molecule has 5 nitrogen and oxygen atoms in total. The molecule has 1 amide bonds. The van der Waals surface area contributed by atoms with E-state index in [1.54, 1.807) is 23.7 Å². The van der Waals surface area contributed by atoms with Crippen LogP contribution in [0.3, 0.4) is 0 Å². The van der Waals surface area contributed by atoms with Gasteiger partial charge in [0, 0.05) is 18.4 Å². The number of nitrogens with one attached hydrogen (secondary N) is 1. The number of aromatic amines is 1. The molecule has 2 aromatic rings. The van der Waals surface area contributed by atoms with Crippen LogP contribution in [-0.2, 0) is 12.3 Å². The van der Waals surface area contributed by atoms with Gasteiger partial charge >= 0.3 is 0 Å². The zero-order chi connectivity index (χ0) is 14.5. The van der Waals surface area contributed by atoms with Crippen molar-refractivity contribution in [3.63, 3.8) is 0 Å². The molecule has 0 spiro atoms. The Balaban J connectivity index is 2.07. The smallest absolute Gasteiger partial charge is 0.254 e. The van der Waals surface area contributed by atoms with E-state index in [1.807, 2.05) is 37.4 Å². The number of H-pyrrole nitrogens is 1. The van der Waals surface area contributed by atoms with E-state index in [2.05, 4.69) is 15.2 Å². The molecule has 1 heterocycles. The molecule has 0 radical (unpaired) electrons. The molecule has 0 atom stereocenters. The Kier molecular flexibility index (Phi) is 4.79. The molecule has 0 bridgehead atoms. The third-order valence-electron chi connectivity index (χ3n) is 2.85. The fourth-order valence-corrected chi connectivity index (χ4v) is 2.44. The summed E-state index contributed by atoms with van der Waals surface area (Å²) >= 11 is 1.74. The van der Waals surface area contributed by atoms with Crippen LogP contribution in [0.2, 0.25) is 0 Å². The molecule has 0 aliphatic carbocycles. The van der Waals surface area contributed by atoms with Gasteiger partial charge in [0.15, 0.2) is 5.82 Å². The number of hydrogen-bond acceptors (Lipinski definition) is 4. The highest BCUT2D eigenvalue weighted by molar-refractivity contribution is 7.97. The van der Waals surface area contributed by atoms with Gasteiger partial charge in [0.1, 0.15) is 5.82 Å². The lowest BCUT2D eigenvalue weighted by atomic mass is 10.1. The summed E-state index contributed by atoms with van der Waals surface area (Å²) in [4.78, 5) is 18.2. The number of amides is 1. The molecule has 1 aromatic carbocycles. The van der Waals surface area contributed by atoms with Crippen LogP contribution in [0.25, 0.3) is 0 Å². The Hall–Kier alpha value is -1.82. The molecule has 20 heavy (non-hydrogen) atoms. The van der Waals surface area contributed by atoms with Crippen LogP contribution in [0.5, 0.6) is 0 Å². The van der Waals surface area contributed by atoms with Gasteiger partial charge in [-0.3, -0.25) is 9.89 Å². The van der Waals surface area contributed by atoms with Gasteiger partial charge in [0.2, 0.25) is 0 Å². The van der Waals surface area contributed by atoms with E-state index < -0.39 is 0 Å². The number of thioether (sulfide) groups is 1. The van der Waals surface area contributed by atoms with E-state index in [1.165, 1.54) is 0 Å². The second-order valence-corrected chi connectivity index (χ2v) is 5.50. The highest BCUT2D eigenvalue weighted by Crippen LogP contribution is 2.13. The number of benzene rings is 1. The summed E-state index contributed by atoms with van der Waals surface area (Å²) in [6.07, 6.45) is 2.05. The Bertz CT molecular complexity index is 596. The number of carbonyl (C=O) groups excluding carboxylic acids is 1. The number of hydrogen-bond donors (Lipinski definition) is 1. The van der Waals surface area contributed by atoms with Crippen LogP contribution in [0.15, 0.2) is 24.3 Å². The lowest BCUT2D eigenvalue weighted by Gasteiger charge is -2.15. The molecule has 106 valence electrons. The van der Waals surface area contributed by atoms with Crippen LogP contribution >= 0.6 is 11.8 Å². The minimum absolute atomic E-state index is 0.0181. The van der Waals surface area contributed by atoms with Crippen molar-refractivity contribution in [1.29, 1.82) is 0 Å². The van der Waals surface area contributed by atoms with Crippen LogP contribution in [-0.4, -0.2) is 39.3 Å². The van der Waals surface area contributed by atoms with Gasteiger partial charge in [-0.2, -0.15) is 16.9 Å². The quantitative estimate of drug-likeness (QED) is 0.917. The fraction of sp³-hybridized carbons (Fsp3) is 0.357. The van der Waals surface area contributed by atoms with Gasteiger partial charge in [0.05, 0.1) is 6.54 Å². The van der Waals surface area contributed by atoms with Gasteiger partial charge in [-0.05, 0) is 30.9 Å². The second kappa shape index (κ2) is 6.56. The van der Waals surface area contributed by atoms with Crippen molar-refractivity contribution in [2.75, 3.05) is 13.3 Å². The molecule has 6 heteroatoms. The van der Waals surface area contributed by atoms with Gasteiger partial charge in [0.25, 0.3) is 5.91 Å². The second-order valence-electron chi connectivity index (χ2n) is 4.63. The van der Waals surface area contributed by atoms with E-state index in [-0.39, 0.29) is 5.91 Å². The molecular weight excluding hydrogens is 272 g/mol. The first-order valence-corrected chi connectivity index (χ1v) is 7.70. The monoisotopic (exact) mass is 290 g/mol. The summed E-state index contributed by atoms with van der Waals surface area (Å²) in [5, 5.41) is 6.82. The van der Waals surface area contributed by atoms with Gasteiger partial charge in [-0.15, -0.1) is 0 Å². The molecule has 0 aliphatic heterocycles. The van der Waals surface area contributed by atoms with E-state index in [4.69, 9.17) is 0 Å². The molecule has 1 aromatic heterocycles. The minimum Gasteiger partial charge on any atom is -0.334 e. The summed E-state index contributed by atoms with van der Waals surface area (Å²) in [7, 11) is 1.76. The number of nitrogens with zero attached hydrogens (tertiary/aromatic N) is 3. The first-order valence-electron chi connectivity index (χ1n) is 6.31. The minimum atomic E-state index is -0.0181. The van der Waals surface area contributed by atoms with Crippen LogP contribution in [0.4, 0.5) is 0 Å². The Morgan fingerprint density at radius 2 is 2.25 bits per heavy atom. The van der Waals surface area contributed by atoms with Gasteiger partial charge in [-0.25, -0.2) is 4.98 Å². The van der Waals surface area contributed by atoms with E-state index >= 15 is 0 Å². The van der Waals surface area contributed by atoms with E-state index in [0.717, 1.165) is 17.1 Å². The van der Waals surface area contributed by atoms with Crippen LogP contribution in [0, 0.1) is 6.92 Å². The van der Waals surface area contributed by atoms with Gasteiger partial charge in [-0.1, -0.05) is 12.1 Å². The summed E-state index contributed by atoms with van der Waals surface area (Å²) in [6, 6.07) is 7.74. The van der Waals surface area contributed by atoms with Crippen molar-refractivity contribution in [2.45, 2.75) is 19.2 Å². The SMILES string of the molecule is CSCc1cccc(C(=O)N(C)Cc2n[nH]c(C)n2)c1. The lowest BCUT2D eigenvalue weighted by molar-refractivity contribution is 0.0781. The summed E-state index contributed by atoms with van der Waals surface area (Å²) in [6.45, 7) is 2.24. The third-order valence-corrected chi connectivity index (χ3v) is 3.48.